The fourth-order valence-corrected chi connectivity index (χ4v) is 2.45. The number of amides is 1. The van der Waals surface area contributed by atoms with Crippen molar-refractivity contribution in [2.45, 2.75) is 26.4 Å². The van der Waals surface area contributed by atoms with E-state index in [4.69, 9.17) is 21.1 Å². The van der Waals surface area contributed by atoms with Gasteiger partial charge in [-0.3, -0.25) is 4.79 Å². The number of anilines is 1. The fourth-order valence-electron chi connectivity index (χ4n) is 2.19. The van der Waals surface area contributed by atoms with Crippen LogP contribution in [-0.2, 0) is 9.53 Å². The van der Waals surface area contributed by atoms with Crippen LogP contribution in [0.15, 0.2) is 42.5 Å². The summed E-state index contributed by atoms with van der Waals surface area (Å²) >= 11 is 6.08. The first-order chi connectivity index (χ1) is 12.4. The van der Waals surface area contributed by atoms with E-state index in [1.165, 1.54) is 36.4 Å². The van der Waals surface area contributed by atoms with Gasteiger partial charge in [0.25, 0.3) is 5.91 Å². The Bertz CT molecular complexity index is 780. The second-order valence-electron chi connectivity index (χ2n) is 5.37. The standard InChI is InChI=1S/C19H19ClFNO4/c1-3-17(26-14-8-5-12(21)6-9-14)18(23)22-13-7-10-15(16(20)11-13)19(24)25-4-2/h5-11,17H,3-4H2,1-2H3,(H,22,23)/t17-/m0/s1. The van der Waals surface area contributed by atoms with Crippen LogP contribution in [0.5, 0.6) is 5.75 Å². The highest BCUT2D eigenvalue weighted by Gasteiger charge is 2.19. The lowest BCUT2D eigenvalue weighted by Crippen LogP contribution is -2.32. The predicted octanol–water partition coefficient (Wildman–Crippen LogP) is 4.45. The van der Waals surface area contributed by atoms with E-state index in [9.17, 15) is 14.0 Å². The molecular weight excluding hydrogens is 361 g/mol. The molecule has 2 rings (SSSR count). The van der Waals surface area contributed by atoms with E-state index in [0.717, 1.165) is 0 Å². The molecule has 0 aromatic heterocycles. The lowest BCUT2D eigenvalue weighted by Gasteiger charge is -2.17. The molecule has 138 valence electrons. The SMILES string of the molecule is CCOC(=O)c1ccc(NC(=O)[C@H](CC)Oc2ccc(F)cc2)cc1Cl. The van der Waals surface area contributed by atoms with Crippen LogP contribution in [0.1, 0.15) is 30.6 Å². The quantitative estimate of drug-likeness (QED) is 0.722. The molecule has 0 aliphatic carbocycles. The Morgan fingerprint density at radius 2 is 1.85 bits per heavy atom. The Morgan fingerprint density at radius 1 is 1.15 bits per heavy atom. The van der Waals surface area contributed by atoms with Gasteiger partial charge in [-0.1, -0.05) is 18.5 Å². The molecule has 0 spiro atoms. The largest absolute Gasteiger partial charge is 0.481 e. The molecule has 2 aromatic carbocycles. The van der Waals surface area contributed by atoms with E-state index in [1.54, 1.807) is 19.9 Å². The molecule has 0 unspecified atom stereocenters. The van der Waals surface area contributed by atoms with E-state index in [0.29, 0.717) is 17.9 Å². The molecule has 0 fully saturated rings. The van der Waals surface area contributed by atoms with Crippen LogP contribution >= 0.6 is 11.6 Å². The summed E-state index contributed by atoms with van der Waals surface area (Å²) in [5, 5.41) is 2.86. The molecule has 7 heteroatoms. The van der Waals surface area contributed by atoms with Gasteiger partial charge in [-0.05, 0) is 55.8 Å². The Morgan fingerprint density at radius 3 is 2.42 bits per heavy atom. The van der Waals surface area contributed by atoms with Crippen LogP contribution in [0.4, 0.5) is 10.1 Å². The summed E-state index contributed by atoms with van der Waals surface area (Å²) in [4.78, 5) is 24.1. The monoisotopic (exact) mass is 379 g/mol. The third kappa shape index (κ3) is 5.20. The molecule has 0 bridgehead atoms. The van der Waals surface area contributed by atoms with Crippen LogP contribution in [0.25, 0.3) is 0 Å². The number of benzene rings is 2. The van der Waals surface area contributed by atoms with Crippen LogP contribution in [0, 0.1) is 5.82 Å². The zero-order chi connectivity index (χ0) is 19.1. The molecule has 0 heterocycles. The van der Waals surface area contributed by atoms with Gasteiger partial charge >= 0.3 is 5.97 Å². The zero-order valence-electron chi connectivity index (χ0n) is 14.4. The molecule has 1 atom stereocenters. The van der Waals surface area contributed by atoms with Crippen molar-refractivity contribution in [1.82, 2.24) is 0 Å². The summed E-state index contributed by atoms with van der Waals surface area (Å²) in [6.45, 7) is 3.74. The Labute approximate surface area is 156 Å². The van der Waals surface area contributed by atoms with Crippen molar-refractivity contribution in [2.75, 3.05) is 11.9 Å². The summed E-state index contributed by atoms with van der Waals surface area (Å²) in [5.74, 6) is -0.895. The number of rotatable bonds is 7. The van der Waals surface area contributed by atoms with Gasteiger partial charge in [-0.25, -0.2) is 9.18 Å². The number of halogens is 2. The first kappa shape index (κ1) is 19.7. The highest BCUT2D eigenvalue weighted by Crippen LogP contribution is 2.23. The van der Waals surface area contributed by atoms with Crippen LogP contribution in [0.2, 0.25) is 5.02 Å². The minimum Gasteiger partial charge on any atom is -0.481 e. The van der Waals surface area contributed by atoms with Crippen LogP contribution in [0.3, 0.4) is 0 Å². The number of carbonyl (C=O) groups excluding carboxylic acids is 2. The van der Waals surface area contributed by atoms with Crippen molar-refractivity contribution < 1.29 is 23.5 Å². The third-order valence-corrected chi connectivity index (χ3v) is 3.80. The fraction of sp³-hybridized carbons (Fsp3) is 0.263. The number of esters is 1. The number of nitrogens with one attached hydrogen (secondary N) is 1. The number of carbonyl (C=O) groups is 2. The Balaban J connectivity index is 2.06. The van der Waals surface area contributed by atoms with E-state index >= 15 is 0 Å². The van der Waals surface area contributed by atoms with Crippen molar-refractivity contribution in [1.29, 1.82) is 0 Å². The second-order valence-corrected chi connectivity index (χ2v) is 5.78. The lowest BCUT2D eigenvalue weighted by molar-refractivity contribution is -0.122. The van der Waals surface area contributed by atoms with E-state index < -0.39 is 12.1 Å². The normalized spacial score (nSPS) is 11.5. The predicted molar refractivity (Wildman–Crippen MR) is 97.1 cm³/mol. The summed E-state index contributed by atoms with van der Waals surface area (Å²) in [6, 6.07) is 9.93. The topological polar surface area (TPSA) is 64.6 Å². The van der Waals surface area contributed by atoms with E-state index in [2.05, 4.69) is 5.32 Å². The molecule has 0 aliphatic heterocycles. The van der Waals surface area contributed by atoms with Crippen molar-refractivity contribution in [3.05, 3.63) is 58.9 Å². The highest BCUT2D eigenvalue weighted by atomic mass is 35.5. The maximum Gasteiger partial charge on any atom is 0.339 e. The molecule has 5 nitrogen and oxygen atoms in total. The number of ether oxygens (including phenoxy) is 2. The molecule has 0 saturated heterocycles. The minimum absolute atomic E-state index is 0.175. The van der Waals surface area contributed by atoms with Gasteiger partial charge in [0.15, 0.2) is 6.10 Å². The first-order valence-electron chi connectivity index (χ1n) is 8.14. The summed E-state index contributed by atoms with van der Waals surface area (Å²) in [6.07, 6.45) is -0.346. The first-order valence-corrected chi connectivity index (χ1v) is 8.52. The van der Waals surface area contributed by atoms with Crippen LogP contribution in [-0.4, -0.2) is 24.6 Å². The number of hydrogen-bond donors (Lipinski definition) is 1. The summed E-state index contributed by atoms with van der Waals surface area (Å²) in [7, 11) is 0. The molecule has 0 saturated carbocycles. The molecule has 26 heavy (non-hydrogen) atoms. The molecule has 0 aliphatic rings. The summed E-state index contributed by atoms with van der Waals surface area (Å²) in [5.41, 5.74) is 0.648. The van der Waals surface area contributed by atoms with Crippen LogP contribution < -0.4 is 10.1 Å². The van der Waals surface area contributed by atoms with Gasteiger partial charge in [0.1, 0.15) is 11.6 Å². The van der Waals surface area contributed by atoms with Gasteiger partial charge in [0.2, 0.25) is 0 Å². The van der Waals surface area contributed by atoms with Crippen molar-refractivity contribution in [3.8, 4) is 5.75 Å². The van der Waals surface area contributed by atoms with Gasteiger partial charge in [-0.15, -0.1) is 0 Å². The minimum atomic E-state index is -0.760. The third-order valence-electron chi connectivity index (χ3n) is 3.49. The average molecular weight is 380 g/mol. The molecular formula is C19H19ClFNO4. The highest BCUT2D eigenvalue weighted by molar-refractivity contribution is 6.34. The Kier molecular flexibility index (Phi) is 6.97. The van der Waals surface area contributed by atoms with Gasteiger partial charge < -0.3 is 14.8 Å². The number of hydrogen-bond acceptors (Lipinski definition) is 4. The van der Waals surface area contributed by atoms with E-state index in [1.807, 2.05) is 0 Å². The smallest absolute Gasteiger partial charge is 0.339 e. The van der Waals surface area contributed by atoms with Crippen molar-refractivity contribution >= 4 is 29.2 Å². The summed E-state index contributed by atoms with van der Waals surface area (Å²) < 4.78 is 23.4. The zero-order valence-corrected chi connectivity index (χ0v) is 15.2. The lowest BCUT2D eigenvalue weighted by atomic mass is 10.2. The molecule has 0 radical (unpaired) electrons. The molecule has 2 aromatic rings. The van der Waals surface area contributed by atoms with E-state index in [-0.39, 0.29) is 28.9 Å². The van der Waals surface area contributed by atoms with Gasteiger partial charge in [-0.2, -0.15) is 0 Å². The van der Waals surface area contributed by atoms with Gasteiger partial charge in [0, 0.05) is 5.69 Å². The Hall–Kier alpha value is -2.60. The van der Waals surface area contributed by atoms with Gasteiger partial charge in [0.05, 0.1) is 17.2 Å². The molecule has 1 amide bonds. The van der Waals surface area contributed by atoms with Crippen molar-refractivity contribution in [2.24, 2.45) is 0 Å². The molecule has 1 N–H and O–H groups in total. The average Bonchev–Trinajstić information content (AvgIpc) is 2.61. The maximum atomic E-state index is 12.9. The van der Waals surface area contributed by atoms with Crippen molar-refractivity contribution in [3.63, 3.8) is 0 Å². The second kappa shape index (κ2) is 9.20. The maximum absolute atomic E-state index is 12.9.